The summed E-state index contributed by atoms with van der Waals surface area (Å²) in [6.45, 7) is -3.39. The van der Waals surface area contributed by atoms with Crippen molar-refractivity contribution in [1.82, 2.24) is 34.1 Å². The second-order valence-electron chi connectivity index (χ2n) is 16.6. The number of ether oxygens (including phenoxy) is 5. The van der Waals surface area contributed by atoms with Gasteiger partial charge in [0.05, 0.1) is 45.1 Å². The van der Waals surface area contributed by atoms with Crippen LogP contribution in [0.5, 0.6) is 0 Å². The van der Waals surface area contributed by atoms with Crippen LogP contribution in [0.3, 0.4) is 0 Å². The predicted octanol–water partition coefficient (Wildman–Crippen LogP) is -4.43. The van der Waals surface area contributed by atoms with Gasteiger partial charge in [-0.1, -0.05) is 4.98 Å². The molecule has 14 N–H and O–H groups in total. The number of hydrogen-bond acceptors (Lipinski definition) is 28. The Morgan fingerprint density at radius 2 is 1.57 bits per heavy atom. The van der Waals surface area contributed by atoms with Gasteiger partial charge in [-0.15, -0.1) is 0 Å². The maximum atomic E-state index is 13.3. The average Bonchev–Trinajstić information content (AvgIpc) is 4.09. The molecule has 72 heavy (non-hydrogen) atoms. The number of rotatable bonds is 21. The van der Waals surface area contributed by atoms with E-state index in [0.29, 0.717) is 0 Å². The number of nitrogens with one attached hydrogen (secondary N) is 1. The number of aromatic amines is 1. The van der Waals surface area contributed by atoms with Gasteiger partial charge in [0.25, 0.3) is 11.5 Å². The number of aliphatic hydroxyl groups is 3. The van der Waals surface area contributed by atoms with Gasteiger partial charge < -0.3 is 75.8 Å². The number of H-pyrrole nitrogens is 1. The summed E-state index contributed by atoms with van der Waals surface area (Å²) in [7, 11) is -24.7. The van der Waals surface area contributed by atoms with E-state index >= 15 is 0 Å². The topological polar surface area (TPSA) is 522 Å². The zero-order valence-electron chi connectivity index (χ0n) is 37.2. The molecule has 8 heterocycles. The third-order valence-electron chi connectivity index (χ3n) is 11.7. The van der Waals surface area contributed by atoms with Crippen molar-refractivity contribution in [2.75, 3.05) is 50.4 Å². The van der Waals surface area contributed by atoms with Crippen LogP contribution in [0, 0.1) is 0 Å². The molecule has 0 saturated carbocycles. The van der Waals surface area contributed by atoms with Crippen LogP contribution in [-0.4, -0.2) is 183 Å². The Labute approximate surface area is 403 Å². The third kappa shape index (κ3) is 11.1. The lowest BCUT2D eigenvalue weighted by atomic mass is 9.92. The van der Waals surface area contributed by atoms with Gasteiger partial charge in [-0.3, -0.25) is 37.0 Å². The van der Waals surface area contributed by atoms with Gasteiger partial charge in [0, 0.05) is 13.4 Å². The van der Waals surface area contributed by atoms with Crippen molar-refractivity contribution >= 4 is 75.2 Å². The fourth-order valence-corrected chi connectivity index (χ4v) is 13.6. The number of phosphoric acid groups is 4. The second kappa shape index (κ2) is 20.0. The van der Waals surface area contributed by atoms with Crippen LogP contribution < -0.4 is 27.3 Å². The molecule has 36 nitrogen and oxygen atoms in total. The van der Waals surface area contributed by atoms with E-state index in [2.05, 4.69) is 33.5 Å². The molecule has 0 radical (unpaired) electrons. The van der Waals surface area contributed by atoms with E-state index in [1.54, 1.807) is 0 Å². The Hall–Kier alpha value is -3.39. The Bertz CT molecular complexity index is 3080. The maximum absolute atomic E-state index is 13.3. The molecule has 0 aliphatic carbocycles. The number of nitrogens with two attached hydrogens (primary N) is 3. The standard InChI is InChI=1S/C31H47N11O25P4S/c1-40-11-42(26-16(40)27(46)39-30(34)38-26)29-21-22(45)31(64-29,14(63-21)4-5-72(3,55)56)8-60-70(51,52)67-71(53,54)66-69(49,50)59-7-13-19(65-68(47,48)58-6-12-17(43)18(44)24(33)61-12)20(57-2)28(62-13)41-10-37-15-23(32)35-9-36-25(15)41/h9-14,17-22,24,28-29,43-45H,4-8,33H2,1-3H3,(H8-,32,34,35,36,38,39,46,47,48,49,50,51,52,53,54)/p+1/t12-,13-,14+,17+,18?,19+,20?,21?,22-,24-,28-,29-,31+/m1/s1. The molecule has 7 unspecified atom stereocenters. The van der Waals surface area contributed by atoms with Crippen LogP contribution in [0.25, 0.3) is 22.3 Å². The Balaban J connectivity index is 0.969. The molecule has 4 saturated heterocycles. The summed E-state index contributed by atoms with van der Waals surface area (Å²) in [5, 5.41) is 31.6. The first-order valence-electron chi connectivity index (χ1n) is 20.6. The summed E-state index contributed by atoms with van der Waals surface area (Å²) in [4.78, 5) is 73.8. The fraction of sp³-hybridized carbons (Fsp3) is 0.677. The Kier molecular flexibility index (Phi) is 15.2. The van der Waals surface area contributed by atoms with E-state index in [1.807, 2.05) is 0 Å². The molecule has 0 aromatic carbocycles. The van der Waals surface area contributed by atoms with Crippen molar-refractivity contribution in [2.24, 2.45) is 12.8 Å². The number of aliphatic hydroxyl groups excluding tert-OH is 3. The molecule has 4 aliphatic heterocycles. The molecule has 8 rings (SSSR count). The highest BCUT2D eigenvalue weighted by molar-refractivity contribution is 7.90. The van der Waals surface area contributed by atoms with Crippen LogP contribution in [0.4, 0.5) is 11.8 Å². The number of imidazole rings is 2. The maximum Gasteiger partial charge on any atom is 0.490 e. The van der Waals surface area contributed by atoms with E-state index in [1.165, 1.54) is 27.1 Å². The number of aryl methyl sites for hydroxylation is 1. The second-order valence-corrected chi connectivity index (χ2v) is 24.9. The van der Waals surface area contributed by atoms with E-state index in [-0.39, 0.29) is 34.1 Å². The Morgan fingerprint density at radius 1 is 0.903 bits per heavy atom. The summed E-state index contributed by atoms with van der Waals surface area (Å²) >= 11 is 0. The molecule has 41 heteroatoms. The number of anilines is 2. The SMILES string of the molecule is COC1[C@@H](OP(=O)(O)OC[C@H]2O[C@@H](N)C(O)[C@H]2O)[C@@H](COP(=O)(O)OP(=O)(O)OP(=O)(O)OC[C@]23O[C@@H]([n+]4cn(C)c5c(=O)[nH]c(N)nc54)C(O[C@H]2CCS(C)(=O)=O)[C@H]3O)O[C@H]1n1cnc2c(N)ncnc21. The van der Waals surface area contributed by atoms with Crippen molar-refractivity contribution in [2.45, 2.75) is 85.6 Å². The zero-order valence-corrected chi connectivity index (χ0v) is 41.6. The van der Waals surface area contributed by atoms with Crippen molar-refractivity contribution in [1.29, 1.82) is 0 Å². The van der Waals surface area contributed by atoms with Crippen molar-refractivity contribution in [3.63, 3.8) is 0 Å². The monoisotopic (exact) mass is 1130 g/mol. The number of sulfone groups is 1. The number of hydrogen-bond donors (Lipinski definition) is 11. The number of phosphoric ester groups is 3. The first-order valence-corrected chi connectivity index (χ1v) is 28.7. The molecule has 4 aliphatic rings. The minimum atomic E-state index is -6.27. The number of fused-ring (bicyclic) bond motifs is 4. The highest BCUT2D eigenvalue weighted by atomic mass is 32.2. The van der Waals surface area contributed by atoms with Crippen molar-refractivity contribution in [3.8, 4) is 0 Å². The molecule has 402 valence electrons. The van der Waals surface area contributed by atoms with Crippen LogP contribution in [0.1, 0.15) is 18.9 Å². The molecule has 4 aromatic heterocycles. The molecule has 4 aromatic rings. The minimum absolute atomic E-state index is 0.0133. The minimum Gasteiger partial charge on any atom is -0.387 e. The zero-order chi connectivity index (χ0) is 52.7. The summed E-state index contributed by atoms with van der Waals surface area (Å²) in [6.07, 6.45) is -14.7. The largest absolute Gasteiger partial charge is 0.490 e. The molecule has 0 spiro atoms. The molecular formula is C31H48N11O25P4S+. The molecule has 17 atom stereocenters. The number of nitrogens with zero attached hydrogens (tertiary/aromatic N) is 7. The van der Waals surface area contributed by atoms with Crippen molar-refractivity contribution < 1.29 is 117 Å². The lowest BCUT2D eigenvalue weighted by Crippen LogP contribution is -2.54. The quantitative estimate of drug-likeness (QED) is 0.0277. The summed E-state index contributed by atoms with van der Waals surface area (Å²) in [5.74, 6) is -0.950. The lowest BCUT2D eigenvalue weighted by molar-refractivity contribution is -0.753. The molecular weight excluding hydrogens is 1080 g/mol. The Morgan fingerprint density at radius 3 is 2.22 bits per heavy atom. The van der Waals surface area contributed by atoms with Crippen molar-refractivity contribution in [3.05, 3.63) is 29.3 Å². The van der Waals surface area contributed by atoms with E-state index in [4.69, 9.17) is 59.0 Å². The third-order valence-corrected chi connectivity index (χ3v) is 17.9. The van der Waals surface area contributed by atoms with Gasteiger partial charge in [0.2, 0.25) is 11.7 Å². The average molecular weight is 1130 g/mol. The van der Waals surface area contributed by atoms with Crippen LogP contribution in [-0.2, 0) is 85.5 Å². The number of methoxy groups -OCH3 is 1. The van der Waals surface area contributed by atoms with Gasteiger partial charge in [0.15, 0.2) is 29.6 Å². The van der Waals surface area contributed by atoms with Crippen LogP contribution >= 0.6 is 31.3 Å². The van der Waals surface area contributed by atoms with E-state index < -0.39 is 158 Å². The fourth-order valence-electron chi connectivity index (χ4n) is 8.46. The molecule has 0 amide bonds. The summed E-state index contributed by atoms with van der Waals surface area (Å²) in [6, 6.07) is 0. The summed E-state index contributed by atoms with van der Waals surface area (Å²) in [5.41, 5.74) is 14.3. The summed E-state index contributed by atoms with van der Waals surface area (Å²) < 4.78 is 139. The van der Waals surface area contributed by atoms with E-state index in [0.717, 1.165) is 26.0 Å². The van der Waals surface area contributed by atoms with Gasteiger partial charge in [0.1, 0.15) is 76.7 Å². The van der Waals surface area contributed by atoms with Gasteiger partial charge in [-0.05, 0) is 6.42 Å². The van der Waals surface area contributed by atoms with Gasteiger partial charge in [-0.2, -0.15) is 8.62 Å². The van der Waals surface area contributed by atoms with Gasteiger partial charge >= 0.3 is 36.9 Å². The van der Waals surface area contributed by atoms with E-state index in [9.17, 15) is 66.4 Å². The van der Waals surface area contributed by atoms with Crippen LogP contribution in [0.15, 0.2) is 23.8 Å². The van der Waals surface area contributed by atoms with Gasteiger partial charge in [-0.25, -0.2) is 46.2 Å². The normalized spacial score (nSPS) is 34.1. The first kappa shape index (κ1) is 54.9. The number of aromatic nitrogens is 8. The highest BCUT2D eigenvalue weighted by Crippen LogP contribution is 2.68. The highest BCUT2D eigenvalue weighted by Gasteiger charge is 2.69. The lowest BCUT2D eigenvalue weighted by Gasteiger charge is -2.36. The smallest absolute Gasteiger partial charge is 0.387 e. The number of nitrogen functional groups attached to an aromatic ring is 2. The molecule has 4 fully saturated rings. The first-order chi connectivity index (χ1) is 33.4. The van der Waals surface area contributed by atoms with Crippen LogP contribution in [0.2, 0.25) is 0 Å². The molecule has 2 bridgehead atoms. The predicted molar refractivity (Wildman–Crippen MR) is 231 cm³/mol.